The zero-order valence-electron chi connectivity index (χ0n) is 14.0. The van der Waals surface area contributed by atoms with Gasteiger partial charge in [0, 0.05) is 18.8 Å². The number of aliphatic carboxylic acids is 1. The minimum atomic E-state index is -0.900. The highest BCUT2D eigenvalue weighted by molar-refractivity contribution is 6.20. The van der Waals surface area contributed by atoms with Crippen molar-refractivity contribution >= 4 is 23.3 Å². The van der Waals surface area contributed by atoms with Crippen LogP contribution in [0.2, 0.25) is 0 Å². The summed E-state index contributed by atoms with van der Waals surface area (Å²) in [6, 6.07) is 15.9. The molecule has 3 rings (SSSR count). The maximum atomic E-state index is 11.7. The highest BCUT2D eigenvalue weighted by Crippen LogP contribution is 2.23. The minimum Gasteiger partial charge on any atom is -0.478 e. The SMILES string of the molecule is CCc1ccc(/C(=C/c2ccc(N3CCCC3)cc2)C(=O)O)cc1. The van der Waals surface area contributed by atoms with E-state index in [0.29, 0.717) is 5.57 Å². The standard InChI is InChI=1S/C21H23NO2/c1-2-16-5-9-18(10-6-16)20(21(23)24)15-17-7-11-19(12-8-17)22-13-3-4-14-22/h5-12,15H,2-4,13-14H2,1H3,(H,23,24)/b20-15-. The Kier molecular flexibility index (Phi) is 4.99. The van der Waals surface area contributed by atoms with Gasteiger partial charge in [0.25, 0.3) is 0 Å². The average Bonchev–Trinajstić information content (AvgIpc) is 3.15. The predicted octanol–water partition coefficient (Wildman–Crippen LogP) is 4.47. The van der Waals surface area contributed by atoms with Crippen LogP contribution in [-0.2, 0) is 11.2 Å². The van der Waals surface area contributed by atoms with Gasteiger partial charge in [0.2, 0.25) is 0 Å². The third-order valence-electron chi connectivity index (χ3n) is 4.58. The summed E-state index contributed by atoms with van der Waals surface area (Å²) in [7, 11) is 0. The number of rotatable bonds is 5. The summed E-state index contributed by atoms with van der Waals surface area (Å²) in [5.74, 6) is -0.900. The van der Waals surface area contributed by atoms with E-state index in [1.54, 1.807) is 6.08 Å². The molecule has 0 aliphatic carbocycles. The van der Waals surface area contributed by atoms with Crippen LogP contribution in [0.3, 0.4) is 0 Å². The molecule has 1 aliphatic rings. The van der Waals surface area contributed by atoms with Gasteiger partial charge in [0.05, 0.1) is 5.57 Å². The second kappa shape index (κ2) is 7.35. The summed E-state index contributed by atoms with van der Waals surface area (Å²) in [5.41, 5.74) is 4.40. The Morgan fingerprint density at radius 1 is 1.04 bits per heavy atom. The van der Waals surface area contributed by atoms with Crippen LogP contribution in [-0.4, -0.2) is 24.2 Å². The molecule has 0 amide bonds. The number of aryl methyl sites for hydroxylation is 1. The lowest BCUT2D eigenvalue weighted by atomic mass is 10.0. The summed E-state index contributed by atoms with van der Waals surface area (Å²) in [5, 5.41) is 9.57. The van der Waals surface area contributed by atoms with Crippen LogP contribution < -0.4 is 4.90 Å². The monoisotopic (exact) mass is 321 g/mol. The van der Waals surface area contributed by atoms with Crippen molar-refractivity contribution in [3.63, 3.8) is 0 Å². The summed E-state index contributed by atoms with van der Waals surface area (Å²) in [4.78, 5) is 14.0. The van der Waals surface area contributed by atoms with Gasteiger partial charge in [0.1, 0.15) is 0 Å². The highest BCUT2D eigenvalue weighted by atomic mass is 16.4. The van der Waals surface area contributed by atoms with Crippen molar-refractivity contribution in [2.45, 2.75) is 26.2 Å². The quantitative estimate of drug-likeness (QED) is 0.652. The highest BCUT2D eigenvalue weighted by Gasteiger charge is 2.13. The Hall–Kier alpha value is -2.55. The summed E-state index contributed by atoms with van der Waals surface area (Å²) in [6.07, 6.45) is 5.19. The van der Waals surface area contributed by atoms with Crippen LogP contribution in [0, 0.1) is 0 Å². The molecule has 2 aromatic rings. The van der Waals surface area contributed by atoms with Crippen molar-refractivity contribution in [3.05, 3.63) is 65.2 Å². The largest absolute Gasteiger partial charge is 0.478 e. The number of carboxylic acid groups (broad SMARTS) is 1. The van der Waals surface area contributed by atoms with Gasteiger partial charge in [-0.1, -0.05) is 43.3 Å². The van der Waals surface area contributed by atoms with Crippen LogP contribution in [0.15, 0.2) is 48.5 Å². The van der Waals surface area contributed by atoms with E-state index in [-0.39, 0.29) is 0 Å². The Labute approximate surface area is 143 Å². The van der Waals surface area contributed by atoms with E-state index < -0.39 is 5.97 Å². The third-order valence-corrected chi connectivity index (χ3v) is 4.58. The van der Waals surface area contributed by atoms with Crippen molar-refractivity contribution in [3.8, 4) is 0 Å². The molecule has 0 unspecified atom stereocenters. The number of hydrogen-bond acceptors (Lipinski definition) is 2. The molecule has 1 saturated heterocycles. The second-order valence-corrected chi connectivity index (χ2v) is 6.20. The predicted molar refractivity (Wildman–Crippen MR) is 99.2 cm³/mol. The fraction of sp³-hybridized carbons (Fsp3) is 0.286. The molecule has 1 fully saturated rings. The number of hydrogen-bond donors (Lipinski definition) is 1. The molecule has 0 bridgehead atoms. The first-order chi connectivity index (χ1) is 11.7. The molecule has 24 heavy (non-hydrogen) atoms. The van der Waals surface area contributed by atoms with E-state index in [0.717, 1.165) is 30.6 Å². The Balaban J connectivity index is 1.85. The molecule has 1 N–H and O–H groups in total. The van der Waals surface area contributed by atoms with Crippen LogP contribution in [0.25, 0.3) is 11.6 Å². The van der Waals surface area contributed by atoms with Crippen molar-refractivity contribution in [2.75, 3.05) is 18.0 Å². The van der Waals surface area contributed by atoms with Crippen LogP contribution >= 0.6 is 0 Å². The number of anilines is 1. The maximum Gasteiger partial charge on any atom is 0.336 e. The van der Waals surface area contributed by atoms with Crippen molar-refractivity contribution in [2.24, 2.45) is 0 Å². The summed E-state index contributed by atoms with van der Waals surface area (Å²) < 4.78 is 0. The van der Waals surface area contributed by atoms with Gasteiger partial charge in [-0.15, -0.1) is 0 Å². The minimum absolute atomic E-state index is 0.326. The van der Waals surface area contributed by atoms with Crippen LogP contribution in [0.1, 0.15) is 36.5 Å². The molecule has 3 heteroatoms. The van der Waals surface area contributed by atoms with E-state index in [2.05, 4.69) is 24.0 Å². The first-order valence-corrected chi connectivity index (χ1v) is 8.56. The number of carbonyl (C=O) groups is 1. The van der Waals surface area contributed by atoms with Crippen LogP contribution in [0.4, 0.5) is 5.69 Å². The van der Waals surface area contributed by atoms with E-state index in [9.17, 15) is 9.90 Å². The number of benzene rings is 2. The van der Waals surface area contributed by atoms with Gasteiger partial charge < -0.3 is 10.0 Å². The Bertz CT molecular complexity index is 723. The summed E-state index contributed by atoms with van der Waals surface area (Å²) in [6.45, 7) is 4.31. The van der Waals surface area contributed by atoms with Crippen LogP contribution in [0.5, 0.6) is 0 Å². The normalized spacial score (nSPS) is 14.9. The molecule has 1 aliphatic heterocycles. The van der Waals surface area contributed by atoms with E-state index >= 15 is 0 Å². The van der Waals surface area contributed by atoms with Gasteiger partial charge in [-0.25, -0.2) is 4.79 Å². The lowest BCUT2D eigenvalue weighted by Gasteiger charge is -2.17. The van der Waals surface area contributed by atoms with E-state index in [4.69, 9.17) is 0 Å². The van der Waals surface area contributed by atoms with Gasteiger partial charge in [0.15, 0.2) is 0 Å². The van der Waals surface area contributed by atoms with Crippen molar-refractivity contribution in [1.82, 2.24) is 0 Å². The molecule has 3 nitrogen and oxygen atoms in total. The Morgan fingerprint density at radius 2 is 1.67 bits per heavy atom. The smallest absolute Gasteiger partial charge is 0.336 e. The molecule has 1 heterocycles. The van der Waals surface area contributed by atoms with Gasteiger partial charge in [-0.2, -0.15) is 0 Å². The third kappa shape index (κ3) is 3.67. The van der Waals surface area contributed by atoms with Crippen molar-refractivity contribution in [1.29, 1.82) is 0 Å². The number of carboxylic acids is 1. The van der Waals surface area contributed by atoms with Crippen molar-refractivity contribution < 1.29 is 9.90 Å². The molecule has 2 aromatic carbocycles. The lowest BCUT2D eigenvalue weighted by Crippen LogP contribution is -2.17. The van der Waals surface area contributed by atoms with E-state index in [1.165, 1.54) is 24.1 Å². The fourth-order valence-corrected chi connectivity index (χ4v) is 3.11. The molecule has 0 saturated carbocycles. The zero-order chi connectivity index (χ0) is 16.9. The molecule has 124 valence electrons. The zero-order valence-corrected chi connectivity index (χ0v) is 14.0. The summed E-state index contributed by atoms with van der Waals surface area (Å²) >= 11 is 0. The molecule has 0 aromatic heterocycles. The van der Waals surface area contributed by atoms with Gasteiger partial charge in [-0.3, -0.25) is 0 Å². The Morgan fingerprint density at radius 3 is 2.21 bits per heavy atom. The van der Waals surface area contributed by atoms with E-state index in [1.807, 2.05) is 36.4 Å². The first kappa shape index (κ1) is 16.3. The van der Waals surface area contributed by atoms with Gasteiger partial charge >= 0.3 is 5.97 Å². The maximum absolute atomic E-state index is 11.7. The molecule has 0 spiro atoms. The van der Waals surface area contributed by atoms with Gasteiger partial charge in [-0.05, 0) is 54.2 Å². The molecular formula is C21H23NO2. The fourth-order valence-electron chi connectivity index (χ4n) is 3.11. The average molecular weight is 321 g/mol. The molecule has 0 radical (unpaired) electrons. The first-order valence-electron chi connectivity index (χ1n) is 8.56. The second-order valence-electron chi connectivity index (χ2n) is 6.20. The number of nitrogens with zero attached hydrogens (tertiary/aromatic N) is 1. The topological polar surface area (TPSA) is 40.5 Å². The molecular weight excluding hydrogens is 298 g/mol. The lowest BCUT2D eigenvalue weighted by molar-refractivity contribution is -0.130. The molecule has 0 atom stereocenters.